The molecule has 32 rings (SSSR count). The summed E-state index contributed by atoms with van der Waals surface area (Å²) in [6.07, 6.45) is 0. The van der Waals surface area contributed by atoms with E-state index in [0.717, 1.165) is 189 Å². The topological polar surface area (TPSA) is 183 Å². The van der Waals surface area contributed by atoms with Gasteiger partial charge in [-0.3, -0.25) is 17.8 Å². The first-order chi connectivity index (χ1) is 74.4. The van der Waals surface area contributed by atoms with Gasteiger partial charge in [-0.25, -0.2) is 49.8 Å². The molecule has 150 heavy (non-hydrogen) atoms. The molecule has 698 valence electrons. The summed E-state index contributed by atoms with van der Waals surface area (Å²) in [5, 5.41) is 14.3. The van der Waals surface area contributed by atoms with Gasteiger partial charge < -0.3 is 9.13 Å². The summed E-state index contributed by atoms with van der Waals surface area (Å²) >= 11 is 0. The number of imidazole rings is 3. The first kappa shape index (κ1) is 84.9. The van der Waals surface area contributed by atoms with E-state index in [1.807, 2.05) is 188 Å². The third kappa shape index (κ3) is 13.7. The van der Waals surface area contributed by atoms with E-state index in [2.05, 4.69) is 324 Å². The van der Waals surface area contributed by atoms with E-state index in [4.69, 9.17) is 59.8 Å². The molecule has 0 aliphatic carbocycles. The molecular formula is C132H80N18. The maximum atomic E-state index is 5.27. The van der Waals surface area contributed by atoms with Gasteiger partial charge >= 0.3 is 0 Å². The van der Waals surface area contributed by atoms with Gasteiger partial charge in [-0.1, -0.05) is 376 Å². The lowest BCUT2D eigenvalue weighted by Gasteiger charge is -2.12. The summed E-state index contributed by atoms with van der Waals surface area (Å²) in [6.45, 7) is 0. The number of aromatic nitrogens is 18. The zero-order valence-corrected chi connectivity index (χ0v) is 80.2. The van der Waals surface area contributed by atoms with Crippen LogP contribution in [0.1, 0.15) is 0 Å². The minimum atomic E-state index is 0.576. The van der Waals surface area contributed by atoms with E-state index in [9.17, 15) is 0 Å². The molecule has 0 spiro atoms. The van der Waals surface area contributed by atoms with Gasteiger partial charge in [0.25, 0.3) is 0 Å². The fourth-order valence-corrected chi connectivity index (χ4v) is 22.6. The molecule has 0 fully saturated rings. The van der Waals surface area contributed by atoms with Crippen LogP contribution in [0.5, 0.6) is 0 Å². The van der Waals surface area contributed by atoms with Crippen LogP contribution >= 0.6 is 0 Å². The predicted octanol–water partition coefficient (Wildman–Crippen LogP) is 31.4. The second kappa shape index (κ2) is 34.5. The number of fused-ring (bicyclic) bond motifs is 9. The highest BCUT2D eigenvalue weighted by Gasteiger charge is 2.31. The molecular weight excluding hydrogens is 1840 g/mol. The zero-order chi connectivity index (χ0) is 98.5. The van der Waals surface area contributed by atoms with Crippen molar-refractivity contribution in [3.05, 3.63) is 485 Å². The molecule has 0 aliphatic rings. The van der Waals surface area contributed by atoms with Crippen molar-refractivity contribution >= 4 is 147 Å². The monoisotopic (exact) mass is 1920 g/mol. The summed E-state index contributed by atoms with van der Waals surface area (Å²) in [7, 11) is 0. The average molecular weight is 1920 g/mol. The van der Waals surface area contributed by atoms with Crippen LogP contribution in [0, 0.1) is 0 Å². The molecule has 12 heterocycles. The van der Waals surface area contributed by atoms with Crippen molar-refractivity contribution in [2.75, 3.05) is 0 Å². The summed E-state index contributed by atoms with van der Waals surface area (Å²) < 4.78 is 14.0. The molecule has 32 aromatic rings. The van der Waals surface area contributed by atoms with Crippen LogP contribution < -0.4 is 0 Å². The van der Waals surface area contributed by atoms with Crippen molar-refractivity contribution in [3.8, 4) is 143 Å². The van der Waals surface area contributed by atoms with Crippen LogP contribution in [0.15, 0.2) is 485 Å². The third-order valence-corrected chi connectivity index (χ3v) is 29.1. The summed E-state index contributed by atoms with van der Waals surface area (Å²) in [4.78, 5) is 60.8. The van der Waals surface area contributed by atoms with Crippen LogP contribution in [0.2, 0.25) is 0 Å². The maximum Gasteiger partial charge on any atom is 0.238 e. The Balaban J connectivity index is 0.000000104. The Hall–Kier alpha value is -20.8. The summed E-state index contributed by atoms with van der Waals surface area (Å²) in [5.74, 6) is 8.46. The predicted molar refractivity (Wildman–Crippen MR) is 607 cm³/mol. The molecule has 0 unspecified atom stereocenters. The Bertz CT molecular complexity index is 10700. The van der Waals surface area contributed by atoms with E-state index in [0.29, 0.717) is 52.5 Å². The fourth-order valence-electron chi connectivity index (χ4n) is 22.6. The Labute approximate surface area is 856 Å². The molecule has 0 aliphatic heterocycles. The normalized spacial score (nSPS) is 11.9. The molecule has 12 aromatic heterocycles. The van der Waals surface area contributed by atoms with Gasteiger partial charge in [0.2, 0.25) is 5.95 Å². The number of hydrogen-bond acceptors (Lipinski definition) is 12. The van der Waals surface area contributed by atoms with Crippen molar-refractivity contribution in [3.63, 3.8) is 0 Å². The Morgan fingerprint density at radius 1 is 0.133 bits per heavy atom. The fraction of sp³-hybridized carbons (Fsp3) is 0. The van der Waals surface area contributed by atoms with Gasteiger partial charge in [0.15, 0.2) is 46.6 Å². The van der Waals surface area contributed by atoms with Crippen LogP contribution in [-0.4, -0.2) is 86.7 Å². The molecule has 0 amide bonds. The van der Waals surface area contributed by atoms with Gasteiger partial charge in [-0.05, 0) is 125 Å². The summed E-state index contributed by atoms with van der Waals surface area (Å²) in [6, 6.07) is 168. The number of para-hydroxylation sites is 3. The highest BCUT2D eigenvalue weighted by atomic mass is 15.2. The molecule has 0 atom stereocenters. The van der Waals surface area contributed by atoms with Crippen LogP contribution in [0.3, 0.4) is 0 Å². The molecule has 20 aromatic carbocycles. The summed E-state index contributed by atoms with van der Waals surface area (Å²) in [5.41, 5.74) is 29.0. The standard InChI is InChI=1S/2C46H28N6.C40H24N6/c1-4-14-29(15-5-1)43-48-44(30-16-6-2-7-17-30)50-45(49-43)32-20-12-21-33(28-32)51-38-25-13-23-35-34-22-10-11-24-37(34)52-42-36(26-27-39(51)41(42)40(35)38)47-46(52)31-18-8-3-9-19-31;1-4-13-29(14-5-1)43-48-44(30-15-6-2-7-16-30)50-45(49-43)31-23-25-33(26-24-31)51-38-22-12-20-35-34-19-10-11-21-37(34)52-42-36(27-28-39(51)41(42)40(35)38)47-46(52)32-17-8-3-9-18-32;1-4-13-25(14-5-1)37-42-38(26-15-6-2-7-16-26)44-40(43-37)45-32-22-12-20-29-28-19-10-11-21-31(28)46-36-30(23-24-33(45)35(36)34(29)32)41-39(46)27-17-8-3-9-18-27/h2*1-28H;1-24H. The smallest absolute Gasteiger partial charge is 0.238 e. The van der Waals surface area contributed by atoms with Gasteiger partial charge in [-0.15, -0.1) is 0 Å². The molecule has 0 saturated heterocycles. The Morgan fingerprint density at radius 3 is 0.680 bits per heavy atom. The molecule has 18 nitrogen and oxygen atoms in total. The van der Waals surface area contributed by atoms with Crippen LogP contribution in [0.4, 0.5) is 0 Å². The minimum absolute atomic E-state index is 0.576. The van der Waals surface area contributed by atoms with Gasteiger partial charge in [-0.2, -0.15) is 9.97 Å². The lowest BCUT2D eigenvalue weighted by Crippen LogP contribution is -2.06. The first-order valence-corrected chi connectivity index (χ1v) is 50.2. The highest BCUT2D eigenvalue weighted by molar-refractivity contribution is 6.33. The van der Waals surface area contributed by atoms with E-state index >= 15 is 0 Å². The Kier molecular flexibility index (Phi) is 19.5. The van der Waals surface area contributed by atoms with Crippen molar-refractivity contribution in [2.24, 2.45) is 0 Å². The number of nitrogens with zero attached hydrogens (tertiary/aromatic N) is 18. The van der Waals surface area contributed by atoms with Gasteiger partial charge in [0.05, 0.1) is 82.8 Å². The zero-order valence-electron chi connectivity index (χ0n) is 80.2. The molecule has 18 heteroatoms. The quantitative estimate of drug-likeness (QED) is 0.101. The number of hydrogen-bond donors (Lipinski definition) is 0. The van der Waals surface area contributed by atoms with Crippen LogP contribution in [0.25, 0.3) is 290 Å². The van der Waals surface area contributed by atoms with E-state index in [1.165, 1.54) is 48.5 Å². The van der Waals surface area contributed by atoms with Crippen molar-refractivity contribution in [1.29, 1.82) is 0 Å². The minimum Gasteiger partial charge on any atom is -0.309 e. The molecule has 0 saturated carbocycles. The lowest BCUT2D eigenvalue weighted by atomic mass is 10.1. The van der Waals surface area contributed by atoms with Crippen molar-refractivity contribution in [1.82, 2.24) is 86.7 Å². The second-order valence-corrected chi connectivity index (χ2v) is 37.7. The van der Waals surface area contributed by atoms with Crippen molar-refractivity contribution in [2.45, 2.75) is 0 Å². The van der Waals surface area contributed by atoms with E-state index in [1.54, 1.807) is 0 Å². The Morgan fingerprint density at radius 2 is 0.360 bits per heavy atom. The number of benzene rings is 20. The average Bonchev–Trinajstić information content (AvgIpc) is 1.54. The maximum absolute atomic E-state index is 5.27. The molecule has 0 radical (unpaired) electrons. The number of rotatable bonds is 14. The second-order valence-electron chi connectivity index (χ2n) is 37.7. The first-order valence-electron chi connectivity index (χ1n) is 50.2. The van der Waals surface area contributed by atoms with Gasteiger partial charge in [0.1, 0.15) is 17.5 Å². The van der Waals surface area contributed by atoms with E-state index in [-0.39, 0.29) is 0 Å². The SMILES string of the molecule is c1ccc(-c2nc(-c3ccccc3)nc(-c3ccc(-n4c5cccc6c7ccccc7n7c(-c8ccccc8)nc8ccc4c(c65)c87)cc3)n2)cc1.c1ccc(-c2nc(-c3ccccc3)nc(-c3cccc(-n4c5cccc6c7ccccc7n7c(-c8ccccc8)nc8ccc4c(c65)c87)c3)n2)cc1.c1ccc(-c2nc(-c3ccccc3)nc(-n3c4cccc5c6ccccc6n6c(-c7ccccc7)nc7ccc3c(c54)c76)n2)cc1. The lowest BCUT2D eigenvalue weighted by molar-refractivity contribution is 0.953. The van der Waals surface area contributed by atoms with Crippen LogP contribution in [-0.2, 0) is 0 Å². The van der Waals surface area contributed by atoms with Crippen molar-refractivity contribution < 1.29 is 0 Å². The van der Waals surface area contributed by atoms with E-state index < -0.39 is 0 Å². The largest absolute Gasteiger partial charge is 0.309 e. The molecule has 0 N–H and O–H groups in total. The van der Waals surface area contributed by atoms with Gasteiger partial charge in [0, 0.05) is 121 Å². The highest BCUT2D eigenvalue weighted by Crippen LogP contribution is 2.50. The molecule has 0 bridgehead atoms. The third-order valence-electron chi connectivity index (χ3n) is 29.1.